The van der Waals surface area contributed by atoms with Crippen LogP contribution in [0.1, 0.15) is 6.42 Å². The van der Waals surface area contributed by atoms with Gasteiger partial charge in [0.25, 0.3) is 0 Å². The van der Waals surface area contributed by atoms with Gasteiger partial charge in [-0.25, -0.2) is 4.79 Å². The number of hydrogen-bond acceptors (Lipinski definition) is 5. The first-order valence-electron chi connectivity index (χ1n) is 4.67. The molecule has 2 aliphatic heterocycles. The van der Waals surface area contributed by atoms with E-state index in [1.165, 1.54) is 16.7 Å². The largest absolute Gasteiger partial charge is 0.477 e. The van der Waals surface area contributed by atoms with E-state index in [-0.39, 0.29) is 17.5 Å². The molecule has 0 spiro atoms. The molecule has 86 valence electrons. The molecule has 1 fully saturated rings. The zero-order valence-corrected chi connectivity index (χ0v) is 9.07. The second-order valence-electron chi connectivity index (χ2n) is 3.56. The van der Waals surface area contributed by atoms with E-state index in [0.717, 1.165) is 0 Å². The number of nitrogens with two attached hydrogens (primary N) is 1. The summed E-state index contributed by atoms with van der Waals surface area (Å²) in [6, 6.07) is -0.628. The molecule has 2 atom stereocenters. The average molecular weight is 242 g/mol. The summed E-state index contributed by atoms with van der Waals surface area (Å²) in [5, 5.41) is 8.75. The van der Waals surface area contributed by atoms with Crippen LogP contribution in [0, 0.1) is 0 Å². The molecule has 1 amide bonds. The maximum Gasteiger partial charge on any atom is 0.352 e. The Morgan fingerprint density at radius 2 is 2.38 bits per heavy atom. The molecule has 0 radical (unpaired) electrons. The molecule has 7 heteroatoms. The predicted molar refractivity (Wildman–Crippen MR) is 56.4 cm³/mol. The van der Waals surface area contributed by atoms with Gasteiger partial charge in [0.05, 0.1) is 0 Å². The fraction of sp³-hybridized carbons (Fsp3) is 0.444. The lowest BCUT2D eigenvalue weighted by Crippen LogP contribution is -2.68. The molecule has 2 heterocycles. The van der Waals surface area contributed by atoms with Crippen LogP contribution in [0.4, 0.5) is 0 Å². The Bertz CT molecular complexity index is 406. The van der Waals surface area contributed by atoms with Crippen molar-refractivity contribution in [2.24, 2.45) is 5.73 Å². The number of β-lactam (4-membered cyclic amide) rings is 1. The van der Waals surface area contributed by atoms with Gasteiger partial charge in [-0.1, -0.05) is 0 Å². The second kappa shape index (κ2) is 3.91. The maximum absolute atomic E-state index is 11.5. The number of carbonyl (C=O) groups is 3. The number of amides is 1. The van der Waals surface area contributed by atoms with Crippen LogP contribution in [0.25, 0.3) is 0 Å². The first kappa shape index (κ1) is 11.2. The third kappa shape index (κ3) is 1.43. The molecule has 2 aliphatic rings. The SMILES string of the molecule is N[C@@H]1C(=O)N2C(C(=O)O)=C(CC=O)CS[C@H]12. The summed E-state index contributed by atoms with van der Waals surface area (Å²) in [6.45, 7) is 0. The van der Waals surface area contributed by atoms with Crippen molar-refractivity contribution in [3.05, 3.63) is 11.3 Å². The van der Waals surface area contributed by atoms with E-state index in [4.69, 9.17) is 10.8 Å². The Hall–Kier alpha value is -1.34. The predicted octanol–water partition coefficient (Wildman–Crippen LogP) is -0.843. The van der Waals surface area contributed by atoms with Gasteiger partial charge >= 0.3 is 5.97 Å². The van der Waals surface area contributed by atoms with Crippen molar-refractivity contribution in [3.63, 3.8) is 0 Å². The van der Waals surface area contributed by atoms with Crippen LogP contribution in [-0.2, 0) is 14.4 Å². The molecule has 0 aromatic heterocycles. The van der Waals surface area contributed by atoms with Crippen LogP contribution in [0.2, 0.25) is 0 Å². The summed E-state index contributed by atoms with van der Waals surface area (Å²) in [7, 11) is 0. The minimum absolute atomic E-state index is 0.0420. The highest BCUT2D eigenvalue weighted by molar-refractivity contribution is 8.00. The third-order valence-electron chi connectivity index (χ3n) is 2.62. The van der Waals surface area contributed by atoms with Gasteiger partial charge in [0.2, 0.25) is 5.91 Å². The van der Waals surface area contributed by atoms with Crippen molar-refractivity contribution >= 4 is 29.9 Å². The Labute approximate surface area is 95.5 Å². The number of carboxylic acid groups (broad SMARTS) is 1. The number of carbonyl (C=O) groups excluding carboxylic acids is 2. The Morgan fingerprint density at radius 3 is 2.94 bits per heavy atom. The summed E-state index contributed by atoms with van der Waals surface area (Å²) in [6.07, 6.45) is 0.684. The highest BCUT2D eigenvalue weighted by atomic mass is 32.2. The van der Waals surface area contributed by atoms with Crippen molar-refractivity contribution < 1.29 is 19.5 Å². The van der Waals surface area contributed by atoms with Gasteiger partial charge in [-0.05, 0) is 5.57 Å². The molecule has 0 unspecified atom stereocenters. The lowest BCUT2D eigenvalue weighted by atomic mass is 10.0. The molecular formula is C9H10N2O4S. The molecule has 16 heavy (non-hydrogen) atoms. The van der Waals surface area contributed by atoms with E-state index in [1.807, 2.05) is 0 Å². The minimum Gasteiger partial charge on any atom is -0.477 e. The second-order valence-corrected chi connectivity index (χ2v) is 4.67. The van der Waals surface area contributed by atoms with Gasteiger partial charge in [0.15, 0.2) is 0 Å². The molecule has 0 aromatic rings. The summed E-state index contributed by atoms with van der Waals surface area (Å²) >= 11 is 1.39. The molecule has 0 aliphatic carbocycles. The van der Waals surface area contributed by atoms with Gasteiger partial charge in [0.1, 0.15) is 23.4 Å². The van der Waals surface area contributed by atoms with E-state index in [1.54, 1.807) is 0 Å². The van der Waals surface area contributed by atoms with Crippen molar-refractivity contribution in [3.8, 4) is 0 Å². The lowest BCUT2D eigenvalue weighted by molar-refractivity contribution is -0.148. The summed E-state index contributed by atoms with van der Waals surface area (Å²) in [5.74, 6) is -1.14. The number of aldehydes is 1. The Kier molecular flexibility index (Phi) is 2.73. The van der Waals surface area contributed by atoms with Gasteiger partial charge in [-0.15, -0.1) is 11.8 Å². The van der Waals surface area contributed by atoms with Crippen molar-refractivity contribution in [2.75, 3.05) is 5.75 Å². The number of carboxylic acids is 1. The molecule has 0 saturated carbocycles. The molecule has 2 rings (SSSR count). The van der Waals surface area contributed by atoms with Crippen LogP contribution in [-0.4, -0.2) is 45.3 Å². The molecule has 0 aromatic carbocycles. The van der Waals surface area contributed by atoms with Crippen molar-refractivity contribution in [2.45, 2.75) is 17.8 Å². The monoisotopic (exact) mass is 242 g/mol. The van der Waals surface area contributed by atoms with E-state index in [2.05, 4.69) is 0 Å². The van der Waals surface area contributed by atoms with Crippen LogP contribution in [0.3, 0.4) is 0 Å². The minimum atomic E-state index is -1.18. The first-order chi connectivity index (χ1) is 7.57. The van der Waals surface area contributed by atoms with E-state index in [9.17, 15) is 14.4 Å². The van der Waals surface area contributed by atoms with Gasteiger partial charge in [-0.2, -0.15) is 0 Å². The van der Waals surface area contributed by atoms with Crippen LogP contribution >= 0.6 is 11.8 Å². The zero-order valence-electron chi connectivity index (χ0n) is 8.25. The average Bonchev–Trinajstić information content (AvgIpc) is 2.27. The van der Waals surface area contributed by atoms with Gasteiger partial charge < -0.3 is 15.6 Å². The molecule has 0 bridgehead atoms. The zero-order chi connectivity index (χ0) is 11.9. The quantitative estimate of drug-likeness (QED) is 0.494. The number of hydrogen-bond donors (Lipinski definition) is 2. The fourth-order valence-corrected chi connectivity index (χ4v) is 3.15. The van der Waals surface area contributed by atoms with Crippen LogP contribution < -0.4 is 5.73 Å². The number of rotatable bonds is 3. The number of fused-ring (bicyclic) bond motifs is 1. The summed E-state index contributed by atoms with van der Waals surface area (Å²) in [5.41, 5.74) is 5.97. The Balaban J connectivity index is 2.37. The molecular weight excluding hydrogens is 232 g/mol. The molecule has 1 saturated heterocycles. The van der Waals surface area contributed by atoms with Crippen molar-refractivity contribution in [1.82, 2.24) is 4.90 Å². The number of aliphatic carboxylic acids is 1. The topological polar surface area (TPSA) is 101 Å². The van der Waals surface area contributed by atoms with E-state index < -0.39 is 17.9 Å². The fourth-order valence-electron chi connectivity index (χ4n) is 1.84. The maximum atomic E-state index is 11.5. The van der Waals surface area contributed by atoms with Crippen molar-refractivity contribution in [1.29, 1.82) is 0 Å². The lowest BCUT2D eigenvalue weighted by Gasteiger charge is -2.47. The van der Waals surface area contributed by atoms with Crippen LogP contribution in [0.15, 0.2) is 11.3 Å². The van der Waals surface area contributed by atoms with E-state index >= 15 is 0 Å². The summed E-state index contributed by atoms with van der Waals surface area (Å²) in [4.78, 5) is 34.1. The highest BCUT2D eigenvalue weighted by Crippen LogP contribution is 2.39. The molecule has 6 nitrogen and oxygen atoms in total. The Morgan fingerprint density at radius 1 is 1.69 bits per heavy atom. The van der Waals surface area contributed by atoms with E-state index in [0.29, 0.717) is 17.6 Å². The standard InChI is InChI=1S/C9H10N2O4S/c10-5-7(13)11-6(9(14)15)4(1-2-12)3-16-8(5)11/h2,5,8H,1,3,10H2,(H,14,15)/t5-,8-/m1/s1. The number of nitrogens with zero attached hydrogens (tertiary/aromatic N) is 1. The normalized spacial score (nSPS) is 28.6. The highest BCUT2D eigenvalue weighted by Gasteiger charge is 2.51. The third-order valence-corrected chi connectivity index (χ3v) is 3.98. The smallest absolute Gasteiger partial charge is 0.352 e. The molecule has 3 N–H and O–H groups in total. The van der Waals surface area contributed by atoms with Crippen LogP contribution in [0.5, 0.6) is 0 Å². The number of thioether (sulfide) groups is 1. The summed E-state index contributed by atoms with van der Waals surface area (Å²) < 4.78 is 0. The van der Waals surface area contributed by atoms with Gasteiger partial charge in [-0.3, -0.25) is 9.69 Å². The van der Waals surface area contributed by atoms with Gasteiger partial charge in [0, 0.05) is 12.2 Å². The first-order valence-corrected chi connectivity index (χ1v) is 5.72.